The molecule has 2 heterocycles. The first kappa shape index (κ1) is 17.4. The Morgan fingerprint density at radius 1 is 1.35 bits per heavy atom. The van der Waals surface area contributed by atoms with Gasteiger partial charge in [-0.3, -0.25) is 0 Å². The molecule has 2 aromatic heterocycles. The van der Waals surface area contributed by atoms with E-state index in [1.807, 2.05) is 13.0 Å². The Balaban J connectivity index is 1.62. The monoisotopic (exact) mass is 369 g/mol. The number of aromatic amines is 1. The highest BCUT2D eigenvalue weighted by molar-refractivity contribution is 7.14. The minimum atomic E-state index is 0.561. The minimum Gasteiger partial charge on any atom is -0.494 e. The van der Waals surface area contributed by atoms with Crippen LogP contribution in [0.15, 0.2) is 23.6 Å². The average Bonchev–Trinajstić information content (AvgIpc) is 3.18. The molecule has 0 bridgehead atoms. The summed E-state index contributed by atoms with van der Waals surface area (Å²) < 4.78 is 5.69. The van der Waals surface area contributed by atoms with Crippen molar-refractivity contribution in [1.82, 2.24) is 9.97 Å². The van der Waals surface area contributed by atoms with Gasteiger partial charge in [-0.1, -0.05) is 19.8 Å². The van der Waals surface area contributed by atoms with E-state index in [1.54, 1.807) is 11.3 Å². The SMILES string of the molecule is CCOc1ccc2[nH]c(C)c(-c3csc(N[C@H]4CCC[C@H](C)C4)n3)c2c1. The van der Waals surface area contributed by atoms with Crippen molar-refractivity contribution in [2.24, 2.45) is 5.92 Å². The van der Waals surface area contributed by atoms with Gasteiger partial charge in [-0.2, -0.15) is 0 Å². The number of H-pyrrole nitrogens is 1. The van der Waals surface area contributed by atoms with Gasteiger partial charge in [-0.05, 0) is 50.8 Å². The van der Waals surface area contributed by atoms with Crippen LogP contribution in [-0.4, -0.2) is 22.6 Å². The number of hydrogen-bond donors (Lipinski definition) is 2. The number of fused-ring (bicyclic) bond motifs is 1. The lowest BCUT2D eigenvalue weighted by atomic mass is 9.87. The molecule has 4 nitrogen and oxygen atoms in total. The molecule has 2 N–H and O–H groups in total. The van der Waals surface area contributed by atoms with E-state index in [1.165, 1.54) is 36.6 Å². The number of thiazole rings is 1. The Labute approximate surface area is 159 Å². The molecule has 1 aromatic carbocycles. The van der Waals surface area contributed by atoms with Crippen molar-refractivity contribution in [2.75, 3.05) is 11.9 Å². The number of benzene rings is 1. The number of rotatable bonds is 5. The van der Waals surface area contributed by atoms with Crippen LogP contribution in [0.1, 0.15) is 45.2 Å². The standard InChI is InChI=1S/C21H27N3OS/c1-4-25-16-8-9-18-17(11-16)20(14(3)22-18)19-12-26-21(24-19)23-15-7-5-6-13(2)10-15/h8-9,11-13,15,22H,4-7,10H2,1-3H3,(H,23,24)/t13-,15-/m0/s1. The molecule has 4 rings (SSSR count). The van der Waals surface area contributed by atoms with E-state index in [0.717, 1.165) is 33.7 Å². The fourth-order valence-electron chi connectivity index (χ4n) is 4.09. The fraction of sp³-hybridized carbons (Fsp3) is 0.476. The van der Waals surface area contributed by atoms with Gasteiger partial charge in [0, 0.05) is 33.6 Å². The maximum atomic E-state index is 5.69. The zero-order valence-electron chi connectivity index (χ0n) is 15.8. The second-order valence-electron chi connectivity index (χ2n) is 7.42. The second-order valence-corrected chi connectivity index (χ2v) is 8.27. The van der Waals surface area contributed by atoms with Gasteiger partial charge in [-0.25, -0.2) is 4.98 Å². The first-order chi connectivity index (χ1) is 12.6. The van der Waals surface area contributed by atoms with E-state index < -0.39 is 0 Å². The van der Waals surface area contributed by atoms with Crippen molar-refractivity contribution < 1.29 is 4.74 Å². The van der Waals surface area contributed by atoms with Gasteiger partial charge in [0.15, 0.2) is 5.13 Å². The molecule has 138 valence electrons. The summed E-state index contributed by atoms with van der Waals surface area (Å²) >= 11 is 1.71. The lowest BCUT2D eigenvalue weighted by molar-refractivity contribution is 0.341. The molecule has 26 heavy (non-hydrogen) atoms. The van der Waals surface area contributed by atoms with Gasteiger partial charge in [-0.15, -0.1) is 11.3 Å². The highest BCUT2D eigenvalue weighted by Crippen LogP contribution is 2.36. The largest absolute Gasteiger partial charge is 0.494 e. The predicted molar refractivity (Wildman–Crippen MR) is 110 cm³/mol. The number of hydrogen-bond acceptors (Lipinski definition) is 4. The summed E-state index contributed by atoms with van der Waals surface area (Å²) in [4.78, 5) is 8.39. The molecule has 0 radical (unpaired) electrons. The Kier molecular flexibility index (Phi) is 4.90. The zero-order chi connectivity index (χ0) is 18.1. The average molecular weight is 370 g/mol. The topological polar surface area (TPSA) is 49.9 Å². The molecule has 1 aliphatic carbocycles. The van der Waals surface area contributed by atoms with Crippen LogP contribution in [0.2, 0.25) is 0 Å². The predicted octanol–water partition coefficient (Wildman–Crippen LogP) is 5.99. The Hall–Kier alpha value is -2.01. The molecule has 3 aromatic rings. The van der Waals surface area contributed by atoms with Crippen LogP contribution in [0, 0.1) is 12.8 Å². The van der Waals surface area contributed by atoms with Gasteiger partial charge in [0.1, 0.15) is 5.75 Å². The van der Waals surface area contributed by atoms with Crippen LogP contribution < -0.4 is 10.1 Å². The van der Waals surface area contributed by atoms with Gasteiger partial charge < -0.3 is 15.0 Å². The van der Waals surface area contributed by atoms with Crippen LogP contribution >= 0.6 is 11.3 Å². The molecular weight excluding hydrogens is 342 g/mol. The summed E-state index contributed by atoms with van der Waals surface area (Å²) in [6.07, 6.45) is 5.18. The molecule has 2 atom stereocenters. The molecule has 0 amide bonds. The van der Waals surface area contributed by atoms with Crippen LogP contribution in [0.5, 0.6) is 5.75 Å². The quantitative estimate of drug-likeness (QED) is 0.581. The highest BCUT2D eigenvalue weighted by Gasteiger charge is 2.20. The first-order valence-electron chi connectivity index (χ1n) is 9.61. The van der Waals surface area contributed by atoms with Crippen molar-refractivity contribution >= 4 is 27.4 Å². The van der Waals surface area contributed by atoms with E-state index >= 15 is 0 Å². The molecule has 1 aliphatic rings. The maximum absolute atomic E-state index is 5.69. The minimum absolute atomic E-state index is 0.561. The van der Waals surface area contributed by atoms with Gasteiger partial charge in [0.2, 0.25) is 0 Å². The summed E-state index contributed by atoms with van der Waals surface area (Å²) in [5, 5.41) is 8.04. The second kappa shape index (κ2) is 7.31. The van der Waals surface area contributed by atoms with Crippen molar-refractivity contribution in [3.63, 3.8) is 0 Å². The van der Waals surface area contributed by atoms with Crippen LogP contribution in [-0.2, 0) is 0 Å². The lowest BCUT2D eigenvalue weighted by Gasteiger charge is -2.27. The lowest BCUT2D eigenvalue weighted by Crippen LogP contribution is -2.26. The summed E-state index contributed by atoms with van der Waals surface area (Å²) in [5.74, 6) is 1.72. The summed E-state index contributed by atoms with van der Waals surface area (Å²) in [5.41, 5.74) is 4.50. The number of nitrogens with zero attached hydrogens (tertiary/aromatic N) is 1. The summed E-state index contributed by atoms with van der Waals surface area (Å²) in [6.45, 7) is 7.16. The fourth-order valence-corrected chi connectivity index (χ4v) is 4.87. The number of anilines is 1. The third kappa shape index (κ3) is 3.45. The molecule has 0 unspecified atom stereocenters. The van der Waals surface area contributed by atoms with E-state index in [4.69, 9.17) is 9.72 Å². The normalized spacial score (nSPS) is 20.4. The Bertz CT molecular complexity index is 898. The highest BCUT2D eigenvalue weighted by atomic mass is 32.1. The molecule has 0 saturated heterocycles. The molecular formula is C21H27N3OS. The molecule has 0 spiro atoms. The molecule has 5 heteroatoms. The van der Waals surface area contributed by atoms with E-state index in [0.29, 0.717) is 12.6 Å². The summed E-state index contributed by atoms with van der Waals surface area (Å²) in [7, 11) is 0. The Morgan fingerprint density at radius 2 is 2.23 bits per heavy atom. The third-order valence-corrected chi connectivity index (χ3v) is 6.07. The molecule has 0 aliphatic heterocycles. The first-order valence-corrected chi connectivity index (χ1v) is 10.5. The van der Waals surface area contributed by atoms with E-state index in [-0.39, 0.29) is 0 Å². The van der Waals surface area contributed by atoms with Crippen molar-refractivity contribution in [3.8, 4) is 17.0 Å². The Morgan fingerprint density at radius 3 is 3.04 bits per heavy atom. The zero-order valence-corrected chi connectivity index (χ0v) is 16.6. The van der Waals surface area contributed by atoms with Crippen molar-refractivity contribution in [1.29, 1.82) is 0 Å². The smallest absolute Gasteiger partial charge is 0.183 e. The maximum Gasteiger partial charge on any atom is 0.183 e. The van der Waals surface area contributed by atoms with Crippen molar-refractivity contribution in [2.45, 2.75) is 52.5 Å². The van der Waals surface area contributed by atoms with Gasteiger partial charge >= 0.3 is 0 Å². The number of aromatic nitrogens is 2. The number of aryl methyl sites for hydroxylation is 1. The van der Waals surface area contributed by atoms with Crippen LogP contribution in [0.4, 0.5) is 5.13 Å². The van der Waals surface area contributed by atoms with Crippen LogP contribution in [0.25, 0.3) is 22.2 Å². The van der Waals surface area contributed by atoms with Crippen molar-refractivity contribution in [3.05, 3.63) is 29.3 Å². The summed E-state index contributed by atoms with van der Waals surface area (Å²) in [6, 6.07) is 6.79. The van der Waals surface area contributed by atoms with E-state index in [9.17, 15) is 0 Å². The molecule has 1 fully saturated rings. The van der Waals surface area contributed by atoms with E-state index in [2.05, 4.69) is 41.7 Å². The number of ether oxygens (including phenoxy) is 1. The third-order valence-electron chi connectivity index (χ3n) is 5.29. The van der Waals surface area contributed by atoms with Gasteiger partial charge in [0.25, 0.3) is 0 Å². The molecule has 1 saturated carbocycles. The number of nitrogens with one attached hydrogen (secondary N) is 2. The van der Waals surface area contributed by atoms with Crippen LogP contribution in [0.3, 0.4) is 0 Å². The van der Waals surface area contributed by atoms with Gasteiger partial charge in [0.05, 0.1) is 12.3 Å².